The van der Waals surface area contributed by atoms with E-state index < -0.39 is 9.73 Å². The van der Waals surface area contributed by atoms with Gasteiger partial charge in [0.25, 0.3) is 0 Å². The monoisotopic (exact) mass is 244 g/mol. The van der Waals surface area contributed by atoms with Crippen molar-refractivity contribution >= 4 is 9.73 Å². The Morgan fingerprint density at radius 2 is 2.00 bits per heavy atom. The number of likely N-dealkylation sites (tertiary alicyclic amines) is 1. The Hall–Kier alpha value is -0.0900. The van der Waals surface area contributed by atoms with Crippen molar-refractivity contribution in [1.29, 1.82) is 4.78 Å². The van der Waals surface area contributed by atoms with Crippen LogP contribution in [0.1, 0.15) is 40.0 Å². The van der Waals surface area contributed by atoms with Gasteiger partial charge in [0.05, 0.1) is 0 Å². The molecule has 0 radical (unpaired) electrons. The third-order valence-electron chi connectivity index (χ3n) is 4.11. The highest BCUT2D eigenvalue weighted by Gasteiger charge is 2.44. The van der Waals surface area contributed by atoms with Gasteiger partial charge in [-0.1, -0.05) is 0 Å². The van der Waals surface area contributed by atoms with Crippen LogP contribution in [0.15, 0.2) is 0 Å². The first-order valence-electron chi connectivity index (χ1n) is 6.22. The van der Waals surface area contributed by atoms with E-state index in [9.17, 15) is 4.21 Å². The minimum absolute atomic E-state index is 0.199. The molecule has 0 aliphatic carbocycles. The highest BCUT2D eigenvalue weighted by Crippen LogP contribution is 2.41. The van der Waals surface area contributed by atoms with Gasteiger partial charge in [0, 0.05) is 33.3 Å². The molecule has 2 aliphatic heterocycles. The maximum Gasteiger partial charge on any atom is 0.0447 e. The van der Waals surface area contributed by atoms with Crippen molar-refractivity contribution in [2.75, 3.05) is 24.6 Å². The molecular formula is C12H24N2OS. The molecule has 94 valence electrons. The molecule has 0 amide bonds. The second-order valence-corrected chi connectivity index (χ2v) is 8.93. The zero-order chi connectivity index (χ0) is 12.0. The quantitative estimate of drug-likeness (QED) is 0.710. The fraction of sp³-hybridized carbons (Fsp3) is 1.00. The molecule has 2 saturated heterocycles. The lowest BCUT2D eigenvalue weighted by Crippen LogP contribution is -2.51. The summed E-state index contributed by atoms with van der Waals surface area (Å²) in [5.74, 6) is 1.28. The van der Waals surface area contributed by atoms with Crippen molar-refractivity contribution in [3.8, 4) is 0 Å². The number of piperidine rings is 1. The average molecular weight is 244 g/mol. The Morgan fingerprint density at radius 1 is 1.31 bits per heavy atom. The van der Waals surface area contributed by atoms with E-state index in [0.29, 0.717) is 11.5 Å². The summed E-state index contributed by atoms with van der Waals surface area (Å²) in [7, 11) is -2.25. The Balaban J connectivity index is 2.14. The number of nitrogens with one attached hydrogen (secondary N) is 1. The number of hydrogen-bond acceptors (Lipinski definition) is 3. The molecule has 4 heteroatoms. The van der Waals surface area contributed by atoms with Crippen molar-refractivity contribution in [2.24, 2.45) is 5.41 Å². The van der Waals surface area contributed by atoms with Gasteiger partial charge in [-0.2, -0.15) is 0 Å². The molecule has 2 aliphatic rings. The Kier molecular flexibility index (Phi) is 2.86. The van der Waals surface area contributed by atoms with Crippen molar-refractivity contribution in [1.82, 2.24) is 4.90 Å². The third-order valence-corrected chi connectivity index (χ3v) is 6.05. The minimum atomic E-state index is -2.25. The number of hydrogen-bond donors (Lipinski definition) is 1. The van der Waals surface area contributed by atoms with Gasteiger partial charge in [-0.3, -0.25) is 9.68 Å². The minimum Gasteiger partial charge on any atom is -0.298 e. The van der Waals surface area contributed by atoms with E-state index in [0.717, 1.165) is 19.5 Å². The largest absolute Gasteiger partial charge is 0.298 e. The summed E-state index contributed by atoms with van der Waals surface area (Å²) < 4.78 is 19.6. The van der Waals surface area contributed by atoms with E-state index >= 15 is 0 Å². The standard InChI is InChI=1S/C12H24N2OS/c1-11(2,3)14-7-4-5-12(9-14)6-8-16(13,15)10-12/h13H,4-10H2,1-3H3/t12-,16-/m1/s1. The van der Waals surface area contributed by atoms with E-state index in [-0.39, 0.29) is 11.0 Å². The van der Waals surface area contributed by atoms with Crippen molar-refractivity contribution in [3.05, 3.63) is 0 Å². The summed E-state index contributed by atoms with van der Waals surface area (Å²) in [5, 5.41) is 0. The van der Waals surface area contributed by atoms with Gasteiger partial charge in [-0.25, -0.2) is 4.21 Å². The molecular weight excluding hydrogens is 220 g/mol. The maximum atomic E-state index is 11.9. The van der Waals surface area contributed by atoms with E-state index in [1.807, 2.05) is 0 Å². The summed E-state index contributed by atoms with van der Waals surface area (Å²) in [4.78, 5) is 2.51. The van der Waals surface area contributed by atoms with Crippen molar-refractivity contribution in [2.45, 2.75) is 45.6 Å². The molecule has 2 fully saturated rings. The van der Waals surface area contributed by atoms with Crippen LogP contribution in [0.3, 0.4) is 0 Å². The smallest absolute Gasteiger partial charge is 0.0447 e. The molecule has 0 aromatic carbocycles. The van der Waals surface area contributed by atoms with Gasteiger partial charge in [-0.05, 0) is 52.0 Å². The number of rotatable bonds is 0. The molecule has 0 saturated carbocycles. The predicted molar refractivity (Wildman–Crippen MR) is 68.2 cm³/mol. The van der Waals surface area contributed by atoms with Crippen molar-refractivity contribution in [3.63, 3.8) is 0 Å². The van der Waals surface area contributed by atoms with E-state index in [2.05, 4.69) is 25.7 Å². The van der Waals surface area contributed by atoms with Crippen LogP contribution >= 0.6 is 0 Å². The molecule has 0 unspecified atom stereocenters. The van der Waals surface area contributed by atoms with Crippen LogP contribution in [0.4, 0.5) is 0 Å². The van der Waals surface area contributed by atoms with E-state index in [1.165, 1.54) is 12.8 Å². The van der Waals surface area contributed by atoms with Gasteiger partial charge in [-0.15, -0.1) is 0 Å². The molecule has 0 bridgehead atoms. The summed E-state index contributed by atoms with van der Waals surface area (Å²) in [6.45, 7) is 8.95. The predicted octanol–water partition coefficient (Wildman–Crippen LogP) is 2.32. The summed E-state index contributed by atoms with van der Waals surface area (Å²) in [6, 6.07) is 0. The van der Waals surface area contributed by atoms with Gasteiger partial charge >= 0.3 is 0 Å². The lowest BCUT2D eigenvalue weighted by atomic mass is 9.78. The van der Waals surface area contributed by atoms with Crippen LogP contribution in [0.5, 0.6) is 0 Å². The van der Waals surface area contributed by atoms with E-state index in [4.69, 9.17) is 4.78 Å². The van der Waals surface area contributed by atoms with Crippen LogP contribution < -0.4 is 0 Å². The second-order valence-electron chi connectivity index (χ2n) is 6.61. The number of nitrogens with zero attached hydrogens (tertiary/aromatic N) is 1. The first kappa shape index (κ1) is 12.4. The second kappa shape index (κ2) is 3.70. The molecule has 0 aromatic rings. The zero-order valence-electron chi connectivity index (χ0n) is 10.7. The first-order valence-corrected chi connectivity index (χ1v) is 8.11. The first-order chi connectivity index (χ1) is 7.23. The highest BCUT2D eigenvalue weighted by molar-refractivity contribution is 7.92. The summed E-state index contributed by atoms with van der Waals surface area (Å²) >= 11 is 0. The molecule has 2 atom stereocenters. The lowest BCUT2D eigenvalue weighted by molar-refractivity contribution is 0.0382. The van der Waals surface area contributed by atoms with Gasteiger partial charge < -0.3 is 0 Å². The van der Waals surface area contributed by atoms with Gasteiger partial charge in [0.2, 0.25) is 0 Å². The molecule has 1 spiro atoms. The van der Waals surface area contributed by atoms with Crippen LogP contribution in [0, 0.1) is 10.2 Å². The molecule has 2 heterocycles. The maximum absolute atomic E-state index is 11.9. The molecule has 16 heavy (non-hydrogen) atoms. The Morgan fingerprint density at radius 3 is 2.50 bits per heavy atom. The van der Waals surface area contributed by atoms with Gasteiger partial charge in [0.1, 0.15) is 0 Å². The molecule has 2 rings (SSSR count). The zero-order valence-corrected chi connectivity index (χ0v) is 11.5. The third kappa shape index (κ3) is 2.43. The van der Waals surface area contributed by atoms with Crippen LogP contribution in [-0.4, -0.2) is 39.2 Å². The Labute approximate surface area is 99.6 Å². The Bertz CT molecular complexity index is 369. The lowest BCUT2D eigenvalue weighted by Gasteiger charge is -2.46. The summed E-state index contributed by atoms with van der Waals surface area (Å²) in [5.41, 5.74) is 0.406. The molecule has 3 nitrogen and oxygen atoms in total. The van der Waals surface area contributed by atoms with E-state index in [1.54, 1.807) is 0 Å². The SMILES string of the molecule is CC(C)(C)N1CCC[C@@]2(CC[S@@](=N)(=O)C2)C1. The van der Waals surface area contributed by atoms with Crippen LogP contribution in [-0.2, 0) is 9.73 Å². The van der Waals surface area contributed by atoms with Crippen molar-refractivity contribution < 1.29 is 4.21 Å². The molecule has 1 N–H and O–H groups in total. The fourth-order valence-corrected chi connectivity index (χ4v) is 5.40. The highest BCUT2D eigenvalue weighted by atomic mass is 32.2. The van der Waals surface area contributed by atoms with Gasteiger partial charge in [0.15, 0.2) is 0 Å². The average Bonchev–Trinajstić information content (AvgIpc) is 2.40. The normalized spacial score (nSPS) is 41.7. The molecule has 0 aromatic heterocycles. The topological polar surface area (TPSA) is 44.2 Å². The van der Waals surface area contributed by atoms with Crippen LogP contribution in [0.2, 0.25) is 0 Å². The van der Waals surface area contributed by atoms with Crippen LogP contribution in [0.25, 0.3) is 0 Å². The fourth-order valence-electron chi connectivity index (χ4n) is 3.12. The summed E-state index contributed by atoms with van der Waals surface area (Å²) in [6.07, 6.45) is 3.38.